The van der Waals surface area contributed by atoms with Gasteiger partial charge in [0.05, 0.1) is 18.2 Å². The van der Waals surface area contributed by atoms with Crippen LogP contribution in [0.3, 0.4) is 0 Å². The van der Waals surface area contributed by atoms with Gasteiger partial charge >= 0.3 is 12.0 Å². The SMILES string of the molecule is N#Cc1cccc(CN2C(=O)C(F)(F)Oc3ncccc32)c1. The van der Waals surface area contributed by atoms with Gasteiger partial charge in [-0.2, -0.15) is 14.0 Å². The normalized spacial score (nSPS) is 15.7. The number of carbonyl (C=O) groups is 1. The van der Waals surface area contributed by atoms with Crippen molar-refractivity contribution in [3.63, 3.8) is 0 Å². The molecule has 0 radical (unpaired) electrons. The van der Waals surface area contributed by atoms with Crippen molar-refractivity contribution in [3.05, 3.63) is 53.7 Å². The molecular weight excluding hydrogens is 292 g/mol. The van der Waals surface area contributed by atoms with E-state index in [9.17, 15) is 13.6 Å². The van der Waals surface area contributed by atoms with Crippen LogP contribution < -0.4 is 9.64 Å². The third-order valence-corrected chi connectivity index (χ3v) is 3.16. The first-order valence-corrected chi connectivity index (χ1v) is 6.34. The molecule has 0 saturated carbocycles. The third-order valence-electron chi connectivity index (χ3n) is 3.16. The molecule has 2 heterocycles. The van der Waals surface area contributed by atoms with Crippen LogP contribution in [0, 0.1) is 11.3 Å². The summed E-state index contributed by atoms with van der Waals surface area (Å²) < 4.78 is 31.7. The summed E-state index contributed by atoms with van der Waals surface area (Å²) in [4.78, 5) is 16.6. The highest BCUT2D eigenvalue weighted by Gasteiger charge is 2.51. The number of fused-ring (bicyclic) bond motifs is 1. The van der Waals surface area contributed by atoms with Gasteiger partial charge in [-0.15, -0.1) is 0 Å². The van der Waals surface area contributed by atoms with Gasteiger partial charge in [0.2, 0.25) is 5.88 Å². The Balaban J connectivity index is 2.01. The lowest BCUT2D eigenvalue weighted by atomic mass is 10.1. The molecule has 0 bridgehead atoms. The molecule has 5 nitrogen and oxygen atoms in total. The fourth-order valence-electron chi connectivity index (χ4n) is 2.18. The van der Waals surface area contributed by atoms with Gasteiger partial charge in [-0.25, -0.2) is 4.98 Å². The average molecular weight is 301 g/mol. The van der Waals surface area contributed by atoms with Crippen molar-refractivity contribution in [1.29, 1.82) is 5.26 Å². The number of amides is 1. The van der Waals surface area contributed by atoms with Crippen molar-refractivity contribution in [2.45, 2.75) is 12.7 Å². The number of nitrogens with zero attached hydrogens (tertiary/aromatic N) is 3. The second-order valence-electron chi connectivity index (χ2n) is 4.65. The van der Waals surface area contributed by atoms with Gasteiger partial charge in [-0.1, -0.05) is 12.1 Å². The minimum atomic E-state index is -3.96. The van der Waals surface area contributed by atoms with Crippen molar-refractivity contribution in [2.24, 2.45) is 0 Å². The molecule has 1 aromatic heterocycles. The number of halogens is 2. The fraction of sp³-hybridized carbons (Fsp3) is 0.133. The zero-order valence-corrected chi connectivity index (χ0v) is 11.2. The Morgan fingerprint density at radius 2 is 2.14 bits per heavy atom. The number of anilines is 1. The molecule has 2 aromatic rings. The Bertz CT molecular complexity index is 786. The number of nitriles is 1. The number of hydrogen-bond acceptors (Lipinski definition) is 4. The summed E-state index contributed by atoms with van der Waals surface area (Å²) in [5.74, 6) is -1.76. The highest BCUT2D eigenvalue weighted by atomic mass is 19.3. The van der Waals surface area contributed by atoms with E-state index in [1.807, 2.05) is 6.07 Å². The van der Waals surface area contributed by atoms with Gasteiger partial charge < -0.3 is 4.74 Å². The molecule has 7 heteroatoms. The number of carbonyl (C=O) groups excluding carboxylic acids is 1. The summed E-state index contributed by atoms with van der Waals surface area (Å²) in [6.45, 7) is -0.105. The highest BCUT2D eigenvalue weighted by molar-refractivity contribution is 6.00. The number of hydrogen-bond donors (Lipinski definition) is 0. The van der Waals surface area contributed by atoms with Crippen molar-refractivity contribution in [2.75, 3.05) is 4.90 Å². The maximum Gasteiger partial charge on any atom is 0.484 e. The molecule has 1 amide bonds. The van der Waals surface area contributed by atoms with E-state index in [0.29, 0.717) is 11.1 Å². The van der Waals surface area contributed by atoms with Crippen molar-refractivity contribution in [1.82, 2.24) is 4.98 Å². The second kappa shape index (κ2) is 5.07. The number of ether oxygens (including phenoxy) is 1. The maximum atomic E-state index is 13.7. The lowest BCUT2D eigenvalue weighted by molar-refractivity contribution is -0.194. The number of aromatic nitrogens is 1. The largest absolute Gasteiger partial charge is 0.484 e. The number of benzene rings is 1. The van der Waals surface area contributed by atoms with Crippen LogP contribution in [0.25, 0.3) is 0 Å². The number of alkyl halides is 2. The number of pyridine rings is 1. The Morgan fingerprint density at radius 3 is 2.91 bits per heavy atom. The molecule has 0 atom stereocenters. The predicted octanol–water partition coefficient (Wildman–Crippen LogP) is 2.47. The molecular formula is C15H9F2N3O2. The zero-order chi connectivity index (χ0) is 15.7. The first kappa shape index (κ1) is 13.9. The van der Waals surface area contributed by atoms with Crippen LogP contribution in [-0.4, -0.2) is 17.0 Å². The lowest BCUT2D eigenvalue weighted by Crippen LogP contribution is -2.50. The van der Waals surface area contributed by atoms with Crippen molar-refractivity contribution >= 4 is 11.6 Å². The van der Waals surface area contributed by atoms with Crippen molar-refractivity contribution < 1.29 is 18.3 Å². The summed E-state index contributed by atoms with van der Waals surface area (Å²) in [5, 5.41) is 8.88. The molecule has 0 unspecified atom stereocenters. The molecule has 0 fully saturated rings. The van der Waals surface area contributed by atoms with Gasteiger partial charge in [0.15, 0.2) is 0 Å². The van der Waals surface area contributed by atoms with Gasteiger partial charge in [0.1, 0.15) is 5.69 Å². The smallest absolute Gasteiger partial charge is 0.405 e. The molecule has 3 rings (SSSR count). The van der Waals surface area contributed by atoms with Gasteiger partial charge in [0, 0.05) is 6.20 Å². The maximum absolute atomic E-state index is 13.7. The van der Waals surface area contributed by atoms with Gasteiger partial charge in [0.25, 0.3) is 0 Å². The van der Waals surface area contributed by atoms with E-state index in [1.165, 1.54) is 24.4 Å². The zero-order valence-electron chi connectivity index (χ0n) is 11.2. The van der Waals surface area contributed by atoms with E-state index in [2.05, 4.69) is 9.72 Å². The lowest BCUT2D eigenvalue weighted by Gasteiger charge is -2.32. The molecule has 0 spiro atoms. The minimum Gasteiger partial charge on any atom is -0.405 e. The molecule has 1 aliphatic heterocycles. The van der Waals surface area contributed by atoms with E-state index in [4.69, 9.17) is 5.26 Å². The van der Waals surface area contributed by atoms with Crippen LogP contribution in [0.2, 0.25) is 0 Å². The molecule has 0 aliphatic carbocycles. The summed E-state index contributed by atoms with van der Waals surface area (Å²) in [7, 11) is 0. The van der Waals surface area contributed by atoms with Crippen LogP contribution in [0.1, 0.15) is 11.1 Å². The van der Waals surface area contributed by atoms with Crippen LogP contribution in [0.5, 0.6) is 5.88 Å². The molecule has 0 saturated heterocycles. The summed E-state index contributed by atoms with van der Waals surface area (Å²) in [5.41, 5.74) is 1.11. The third kappa shape index (κ3) is 2.35. The van der Waals surface area contributed by atoms with E-state index in [1.54, 1.807) is 18.2 Å². The van der Waals surface area contributed by atoms with Crippen LogP contribution >= 0.6 is 0 Å². The summed E-state index contributed by atoms with van der Waals surface area (Å²) in [6, 6.07) is 11.4. The molecule has 0 N–H and O–H groups in total. The first-order valence-electron chi connectivity index (χ1n) is 6.34. The van der Waals surface area contributed by atoms with Gasteiger partial charge in [-0.3, -0.25) is 9.69 Å². The number of rotatable bonds is 2. The monoisotopic (exact) mass is 301 g/mol. The molecule has 22 heavy (non-hydrogen) atoms. The molecule has 110 valence electrons. The highest BCUT2D eigenvalue weighted by Crippen LogP contribution is 2.38. The van der Waals surface area contributed by atoms with Crippen LogP contribution in [0.15, 0.2) is 42.6 Å². The fourth-order valence-corrected chi connectivity index (χ4v) is 2.18. The summed E-state index contributed by atoms with van der Waals surface area (Å²) in [6.07, 6.45) is -2.66. The first-order chi connectivity index (χ1) is 10.5. The Hall–Kier alpha value is -3.01. The van der Waals surface area contributed by atoms with Crippen molar-refractivity contribution in [3.8, 4) is 11.9 Å². The van der Waals surface area contributed by atoms with Crippen LogP contribution in [0.4, 0.5) is 14.5 Å². The molecule has 1 aromatic carbocycles. The van der Waals surface area contributed by atoms with E-state index in [0.717, 1.165) is 4.90 Å². The topological polar surface area (TPSA) is 66.2 Å². The minimum absolute atomic E-state index is 0.105. The van der Waals surface area contributed by atoms with E-state index in [-0.39, 0.29) is 18.1 Å². The molecule has 1 aliphatic rings. The van der Waals surface area contributed by atoms with E-state index < -0.39 is 12.0 Å². The standard InChI is InChI=1S/C15H9F2N3O2/c16-15(17)14(21)20(12-5-2-6-19-13(12)22-15)9-11-4-1-3-10(7-11)8-18/h1-7H,9H2. The Labute approximate surface area is 124 Å². The average Bonchev–Trinajstić information content (AvgIpc) is 2.51. The quantitative estimate of drug-likeness (QED) is 0.854. The summed E-state index contributed by atoms with van der Waals surface area (Å²) >= 11 is 0. The Morgan fingerprint density at radius 1 is 1.32 bits per heavy atom. The second-order valence-corrected chi connectivity index (χ2v) is 4.65. The van der Waals surface area contributed by atoms with E-state index >= 15 is 0 Å². The Kier molecular flexibility index (Phi) is 3.22. The van der Waals surface area contributed by atoms with Gasteiger partial charge in [-0.05, 0) is 29.8 Å². The van der Waals surface area contributed by atoms with Crippen LogP contribution in [-0.2, 0) is 11.3 Å². The predicted molar refractivity (Wildman–Crippen MR) is 72.2 cm³/mol.